The molecule has 660 valence electrons. The lowest BCUT2D eigenvalue weighted by atomic mass is 9.76. The maximum absolute atomic E-state index is 15.7. The number of ether oxygens (including phenoxy) is 5. The first kappa shape index (κ1) is 107. The predicted octanol–water partition coefficient (Wildman–Crippen LogP) is 23.3. The van der Waals surface area contributed by atoms with Gasteiger partial charge in [-0.1, -0.05) is 388 Å². The summed E-state index contributed by atoms with van der Waals surface area (Å²) in [6.45, 7) is 11.1. The highest BCUT2D eigenvalue weighted by molar-refractivity contribution is 7.53. The fraction of sp³-hybridized carbons (Fsp3) is 0.935. The van der Waals surface area contributed by atoms with E-state index in [2.05, 4.69) is 52.2 Å². The maximum atomic E-state index is 15.7. The Kier molecular flexibility index (Phi) is 69.9. The lowest BCUT2D eigenvalue weighted by Gasteiger charge is -2.55. The van der Waals surface area contributed by atoms with Crippen LogP contribution in [-0.2, 0) is 57.0 Å². The standard InChI is InChI=1S/C92H175N2O17P/c1-7-13-19-25-31-37-40-46-52-58-64-70-86(99)108-79(67-61-55-49-43-34-28-22-16-10-4)75-82(96)91(102)89(94-85(98)77-81(69-63-57-51-45-36-30-24-18-12-6)110-88(101)72-66-60-54-48-42-39-33-27-21-15-9-3)90(111-83(78-95)92(91,103)112(104,105)106)107-74-73-93-84(97)76-80(68-62-56-50-44-35-29-23-17-11-5)109-87(100)71-65-59-53-47-41-38-32-26-20-14-8-2/h79-81,83,89-90,95,102-103H,7-78H2,1-6H3,(H,93,97)(H,94,98)(H2,104,105,106)/t79-,80-,81-,83-,89-,90+,91-,92+/m1/s1. The van der Waals surface area contributed by atoms with Crippen molar-refractivity contribution in [2.45, 2.75) is 532 Å². The number of aliphatic hydroxyl groups is 3. The molecule has 1 fully saturated rings. The van der Waals surface area contributed by atoms with E-state index in [1.54, 1.807) is 0 Å². The summed E-state index contributed by atoms with van der Waals surface area (Å²) in [6.07, 6.45) is 56.2. The Labute approximate surface area is 684 Å². The van der Waals surface area contributed by atoms with Crippen LogP contribution in [-0.4, -0.2) is 128 Å². The predicted molar refractivity (Wildman–Crippen MR) is 456 cm³/mol. The number of carbonyl (C=O) groups is 6. The first-order chi connectivity index (χ1) is 54.3. The van der Waals surface area contributed by atoms with Gasteiger partial charge in [-0.2, -0.15) is 0 Å². The van der Waals surface area contributed by atoms with Gasteiger partial charge in [0.2, 0.25) is 17.2 Å². The number of rotatable bonds is 83. The molecule has 0 bridgehead atoms. The molecule has 20 heteroatoms. The second-order valence-corrected chi connectivity index (χ2v) is 35.3. The van der Waals surface area contributed by atoms with Crippen LogP contribution in [0.3, 0.4) is 0 Å². The van der Waals surface area contributed by atoms with Gasteiger partial charge in [0.15, 0.2) is 17.7 Å². The summed E-state index contributed by atoms with van der Waals surface area (Å²) in [5, 5.41) is 38.8. The van der Waals surface area contributed by atoms with E-state index in [4.69, 9.17) is 23.7 Å². The van der Waals surface area contributed by atoms with Gasteiger partial charge in [0, 0.05) is 32.2 Å². The van der Waals surface area contributed by atoms with E-state index < -0.39 is 111 Å². The van der Waals surface area contributed by atoms with Gasteiger partial charge in [-0.3, -0.25) is 33.3 Å². The molecule has 8 atom stereocenters. The molecule has 0 spiro atoms. The zero-order valence-electron chi connectivity index (χ0n) is 73.0. The molecule has 0 aromatic heterocycles. The third kappa shape index (κ3) is 53.4. The normalized spacial score (nSPS) is 18.0. The number of hydrogen-bond donors (Lipinski definition) is 7. The number of carbonyl (C=O) groups excluding carboxylic acids is 6. The topological polar surface area (TPSA) is 291 Å². The van der Waals surface area contributed by atoms with Crippen LogP contribution in [0, 0.1) is 0 Å². The third-order valence-electron chi connectivity index (χ3n) is 23.1. The number of nitrogens with one attached hydrogen (secondary N) is 2. The largest absolute Gasteiger partial charge is 0.462 e. The lowest BCUT2D eigenvalue weighted by molar-refractivity contribution is -0.308. The van der Waals surface area contributed by atoms with E-state index in [0.29, 0.717) is 44.9 Å². The molecule has 0 aliphatic carbocycles. The molecule has 0 unspecified atom stereocenters. The van der Waals surface area contributed by atoms with E-state index in [1.807, 2.05) is 0 Å². The Bertz CT molecular complexity index is 2310. The van der Waals surface area contributed by atoms with Crippen LogP contribution in [0.4, 0.5) is 0 Å². The molecule has 1 rings (SSSR count). The minimum absolute atomic E-state index is 0.0381. The second-order valence-electron chi connectivity index (χ2n) is 33.6. The number of aliphatic hydroxyl groups excluding tert-OH is 1. The highest BCUT2D eigenvalue weighted by atomic mass is 31.2. The monoisotopic (exact) mass is 1610 g/mol. The molecule has 7 N–H and O–H groups in total. The molecule has 1 saturated heterocycles. The summed E-state index contributed by atoms with van der Waals surface area (Å²) >= 11 is 0. The van der Waals surface area contributed by atoms with E-state index in [1.165, 1.54) is 167 Å². The Morgan fingerprint density at radius 2 is 0.616 bits per heavy atom. The minimum atomic E-state index is -6.25. The van der Waals surface area contributed by atoms with E-state index >= 15 is 9.59 Å². The SMILES string of the molecule is CCCCCCCCCCCCCC(=O)O[C@H](CCCCCCCCCCC)CC(=O)NCCO[C@H]1O[C@H](CO)[C@](O)(P(=O)(O)O)[C@@](O)(C(=O)C[C@@H](CCCCCCCCCCC)OC(=O)CCCCCCCCCCCCC)[C@@H]1NC(=O)C[C@@H](CCCCCCCCCCC)OC(=O)CCCCCCCCCCCCC. The Morgan fingerprint density at radius 1 is 0.366 bits per heavy atom. The van der Waals surface area contributed by atoms with Crippen molar-refractivity contribution < 1.29 is 82.1 Å². The average molecular weight is 1610 g/mol. The van der Waals surface area contributed by atoms with Crippen molar-refractivity contribution in [3.05, 3.63) is 0 Å². The van der Waals surface area contributed by atoms with Crippen molar-refractivity contribution in [3.63, 3.8) is 0 Å². The lowest BCUT2D eigenvalue weighted by Crippen LogP contribution is -2.80. The van der Waals surface area contributed by atoms with Gasteiger partial charge in [0.25, 0.3) is 0 Å². The van der Waals surface area contributed by atoms with Gasteiger partial charge >= 0.3 is 25.5 Å². The van der Waals surface area contributed by atoms with Crippen LogP contribution in [0.15, 0.2) is 0 Å². The number of Topliss-reactive ketones (excluding diaryl/α,β-unsaturated/α-hetero) is 1. The quantitative estimate of drug-likeness (QED) is 0.0129. The maximum Gasteiger partial charge on any atom is 0.363 e. The van der Waals surface area contributed by atoms with Gasteiger partial charge in [-0.25, -0.2) is 0 Å². The fourth-order valence-corrected chi connectivity index (χ4v) is 17.1. The van der Waals surface area contributed by atoms with Crippen LogP contribution in [0.1, 0.15) is 485 Å². The number of esters is 3. The van der Waals surface area contributed by atoms with Crippen LogP contribution in [0.25, 0.3) is 0 Å². The van der Waals surface area contributed by atoms with Crippen molar-refractivity contribution in [1.29, 1.82) is 0 Å². The second kappa shape index (κ2) is 73.1. The molecule has 0 aromatic carbocycles. The third-order valence-corrected chi connectivity index (χ3v) is 24.6. The molecular weight excluding hydrogens is 1440 g/mol. The molecular formula is C92H175N2O17P. The molecule has 1 aliphatic heterocycles. The van der Waals surface area contributed by atoms with Crippen molar-refractivity contribution in [1.82, 2.24) is 10.6 Å². The van der Waals surface area contributed by atoms with E-state index in [9.17, 15) is 48.8 Å². The zero-order chi connectivity index (χ0) is 82.3. The smallest absolute Gasteiger partial charge is 0.363 e. The van der Waals surface area contributed by atoms with E-state index in [0.717, 1.165) is 180 Å². The molecule has 1 aliphatic rings. The van der Waals surface area contributed by atoms with Gasteiger partial charge in [0.1, 0.15) is 30.5 Å². The van der Waals surface area contributed by atoms with Crippen LogP contribution >= 0.6 is 7.60 Å². The summed E-state index contributed by atoms with van der Waals surface area (Å²) in [5.41, 5.74) is -3.74. The average Bonchev–Trinajstić information content (AvgIpc) is 0.699. The molecule has 0 radical (unpaired) electrons. The first-order valence-corrected chi connectivity index (χ1v) is 49.0. The Morgan fingerprint density at radius 3 is 0.884 bits per heavy atom. The molecule has 112 heavy (non-hydrogen) atoms. The van der Waals surface area contributed by atoms with Gasteiger partial charge in [-0.05, 0) is 57.8 Å². The molecule has 1 heterocycles. The van der Waals surface area contributed by atoms with Crippen molar-refractivity contribution in [2.75, 3.05) is 19.8 Å². The van der Waals surface area contributed by atoms with Crippen LogP contribution in [0.5, 0.6) is 0 Å². The number of hydrogen-bond acceptors (Lipinski definition) is 15. The van der Waals surface area contributed by atoms with Crippen LogP contribution in [0.2, 0.25) is 0 Å². The van der Waals surface area contributed by atoms with Gasteiger partial charge < -0.3 is 59.4 Å². The number of amides is 2. The highest BCUT2D eigenvalue weighted by Gasteiger charge is 2.76. The van der Waals surface area contributed by atoms with E-state index in [-0.39, 0.29) is 51.0 Å². The van der Waals surface area contributed by atoms with Gasteiger partial charge in [-0.15, -0.1) is 0 Å². The highest BCUT2D eigenvalue weighted by Crippen LogP contribution is 2.61. The van der Waals surface area contributed by atoms with Gasteiger partial charge in [0.05, 0.1) is 26.1 Å². The Hall–Kier alpha value is -3.03. The summed E-state index contributed by atoms with van der Waals surface area (Å²) in [6, 6.07) is -2.34. The van der Waals surface area contributed by atoms with Crippen molar-refractivity contribution in [2.24, 2.45) is 0 Å². The summed E-state index contributed by atoms with van der Waals surface area (Å²) in [7, 11) is -6.25. The first-order valence-electron chi connectivity index (χ1n) is 47.4. The molecule has 2 amide bonds. The Balaban J connectivity index is 3.81. The number of unbranched alkanes of at least 4 members (excludes halogenated alkanes) is 54. The zero-order valence-corrected chi connectivity index (χ0v) is 73.9. The summed E-state index contributed by atoms with van der Waals surface area (Å²) in [4.78, 5) is 109. The molecule has 19 nitrogen and oxygen atoms in total. The molecule has 0 saturated carbocycles. The number of ketones is 1. The molecule has 0 aromatic rings. The summed E-state index contributed by atoms with van der Waals surface area (Å²) < 4.78 is 44.7. The van der Waals surface area contributed by atoms with Crippen molar-refractivity contribution >= 4 is 43.1 Å². The van der Waals surface area contributed by atoms with Crippen molar-refractivity contribution in [3.8, 4) is 0 Å². The minimum Gasteiger partial charge on any atom is -0.462 e. The fourth-order valence-electron chi connectivity index (χ4n) is 15.9. The summed E-state index contributed by atoms with van der Waals surface area (Å²) in [5.74, 6) is -4.28. The van der Waals surface area contributed by atoms with Crippen LogP contribution < -0.4 is 10.6 Å².